The number of piperazine rings is 1. The first kappa shape index (κ1) is 23.0. The molecule has 0 atom stereocenters. The van der Waals surface area contributed by atoms with Gasteiger partial charge in [-0.25, -0.2) is 9.37 Å². The van der Waals surface area contributed by atoms with E-state index in [-0.39, 0.29) is 13.2 Å². The second-order valence-corrected chi connectivity index (χ2v) is 7.51. The van der Waals surface area contributed by atoms with Crippen LogP contribution in [0.3, 0.4) is 0 Å². The van der Waals surface area contributed by atoms with Gasteiger partial charge in [-0.15, -0.1) is 0 Å². The summed E-state index contributed by atoms with van der Waals surface area (Å²) in [6, 6.07) is 16.6. The minimum Gasteiger partial charge on any atom is -0.367 e. The number of benzene rings is 2. The molecule has 4 rings (SSSR count). The van der Waals surface area contributed by atoms with Crippen LogP contribution >= 0.6 is 0 Å². The zero-order valence-corrected chi connectivity index (χ0v) is 17.3. The average Bonchev–Trinajstić information content (AvgIpc) is 2.76. The SMILES string of the molecule is C.CN1CCN(c2ccc(Nc3nccc(Nc4cccc(CC#N)c4)n3)cc2F)CC1. The predicted octanol–water partition coefficient (Wildman–Crippen LogP) is 4.56. The van der Waals surface area contributed by atoms with E-state index < -0.39 is 0 Å². The van der Waals surface area contributed by atoms with Gasteiger partial charge in [0.05, 0.1) is 18.2 Å². The normalized spacial score (nSPS) is 13.7. The van der Waals surface area contributed by atoms with Crippen LogP contribution in [0, 0.1) is 17.1 Å². The van der Waals surface area contributed by atoms with Gasteiger partial charge in [0.15, 0.2) is 0 Å². The summed E-state index contributed by atoms with van der Waals surface area (Å²) in [5, 5.41) is 15.1. The molecule has 8 heteroatoms. The Morgan fingerprint density at radius 1 is 1.03 bits per heavy atom. The number of hydrogen-bond donors (Lipinski definition) is 2. The van der Waals surface area contributed by atoms with Crippen molar-refractivity contribution in [2.24, 2.45) is 0 Å². The quantitative estimate of drug-likeness (QED) is 0.590. The maximum Gasteiger partial charge on any atom is 0.229 e. The number of nitrogens with zero attached hydrogens (tertiary/aromatic N) is 5. The van der Waals surface area contributed by atoms with Crippen molar-refractivity contribution in [3.8, 4) is 6.07 Å². The Bertz CT molecular complexity index is 1090. The van der Waals surface area contributed by atoms with E-state index in [1.54, 1.807) is 18.3 Å². The van der Waals surface area contributed by atoms with E-state index >= 15 is 0 Å². The molecule has 0 amide bonds. The molecular formula is C24H28FN7. The number of anilines is 5. The van der Waals surface area contributed by atoms with Crippen LogP contribution in [0.5, 0.6) is 0 Å². The summed E-state index contributed by atoms with van der Waals surface area (Å²) in [5.41, 5.74) is 2.96. The Morgan fingerprint density at radius 3 is 2.56 bits per heavy atom. The average molecular weight is 434 g/mol. The molecule has 1 fully saturated rings. The molecule has 0 radical (unpaired) electrons. The first-order valence-electron chi connectivity index (χ1n) is 10.2. The second-order valence-electron chi connectivity index (χ2n) is 7.51. The van der Waals surface area contributed by atoms with Gasteiger partial charge in [0, 0.05) is 43.8 Å². The third-order valence-electron chi connectivity index (χ3n) is 5.19. The number of nitriles is 1. The molecule has 2 aromatic carbocycles. The molecule has 0 unspecified atom stereocenters. The van der Waals surface area contributed by atoms with Crippen molar-refractivity contribution >= 4 is 28.8 Å². The molecule has 0 spiro atoms. The maximum atomic E-state index is 14.7. The van der Waals surface area contributed by atoms with Gasteiger partial charge in [-0.1, -0.05) is 19.6 Å². The maximum absolute atomic E-state index is 14.7. The highest BCUT2D eigenvalue weighted by molar-refractivity contribution is 5.62. The molecule has 1 saturated heterocycles. The third-order valence-corrected chi connectivity index (χ3v) is 5.19. The second kappa shape index (κ2) is 10.6. The van der Waals surface area contributed by atoms with Crippen LogP contribution in [0.4, 0.5) is 33.2 Å². The topological polar surface area (TPSA) is 80.1 Å². The number of nitrogens with one attached hydrogen (secondary N) is 2. The lowest BCUT2D eigenvalue weighted by molar-refractivity contribution is 0.311. The van der Waals surface area contributed by atoms with E-state index in [0.29, 0.717) is 29.6 Å². The van der Waals surface area contributed by atoms with E-state index in [0.717, 1.165) is 37.4 Å². The molecule has 2 N–H and O–H groups in total. The Hall–Kier alpha value is -3.70. The van der Waals surface area contributed by atoms with Gasteiger partial charge >= 0.3 is 0 Å². The van der Waals surface area contributed by atoms with Crippen molar-refractivity contribution in [2.75, 3.05) is 48.8 Å². The van der Waals surface area contributed by atoms with Gasteiger partial charge < -0.3 is 20.4 Å². The van der Waals surface area contributed by atoms with E-state index in [4.69, 9.17) is 5.26 Å². The first-order valence-corrected chi connectivity index (χ1v) is 10.2. The zero-order chi connectivity index (χ0) is 21.6. The van der Waals surface area contributed by atoms with Crippen LogP contribution in [0.2, 0.25) is 0 Å². The lowest BCUT2D eigenvalue weighted by atomic mass is 10.1. The fourth-order valence-corrected chi connectivity index (χ4v) is 3.50. The summed E-state index contributed by atoms with van der Waals surface area (Å²) in [7, 11) is 2.08. The van der Waals surface area contributed by atoms with Crippen LogP contribution in [0.25, 0.3) is 0 Å². The molecule has 2 heterocycles. The van der Waals surface area contributed by atoms with E-state index in [1.165, 1.54) is 6.07 Å². The molecule has 3 aromatic rings. The number of hydrogen-bond acceptors (Lipinski definition) is 7. The molecule has 32 heavy (non-hydrogen) atoms. The minimum atomic E-state index is -0.266. The van der Waals surface area contributed by atoms with Crippen molar-refractivity contribution in [1.29, 1.82) is 5.26 Å². The minimum absolute atomic E-state index is 0. The van der Waals surface area contributed by atoms with Crippen molar-refractivity contribution < 1.29 is 4.39 Å². The molecule has 7 nitrogen and oxygen atoms in total. The Morgan fingerprint density at radius 2 is 1.81 bits per heavy atom. The number of likely N-dealkylation sites (N-methyl/N-ethyl adjacent to an activating group) is 1. The highest BCUT2D eigenvalue weighted by Crippen LogP contribution is 2.25. The molecule has 0 aliphatic carbocycles. The number of rotatable bonds is 6. The Labute approximate surface area is 188 Å². The summed E-state index contributed by atoms with van der Waals surface area (Å²) in [6.07, 6.45) is 1.98. The van der Waals surface area contributed by atoms with Gasteiger partial charge in [0.1, 0.15) is 11.6 Å². The van der Waals surface area contributed by atoms with Crippen molar-refractivity contribution in [3.05, 3.63) is 66.1 Å². The summed E-state index contributed by atoms with van der Waals surface area (Å²) in [4.78, 5) is 13.0. The lowest BCUT2D eigenvalue weighted by Crippen LogP contribution is -2.44. The van der Waals surface area contributed by atoms with Crippen molar-refractivity contribution in [1.82, 2.24) is 14.9 Å². The molecule has 1 aliphatic heterocycles. The molecule has 0 bridgehead atoms. The monoisotopic (exact) mass is 433 g/mol. The van der Waals surface area contributed by atoms with E-state index in [2.05, 4.69) is 43.5 Å². The fourth-order valence-electron chi connectivity index (χ4n) is 3.50. The first-order chi connectivity index (χ1) is 15.1. The van der Waals surface area contributed by atoms with Crippen LogP contribution in [0.15, 0.2) is 54.7 Å². The molecule has 1 aromatic heterocycles. The summed E-state index contributed by atoms with van der Waals surface area (Å²) < 4.78 is 14.7. The van der Waals surface area contributed by atoms with Gasteiger partial charge in [-0.05, 0) is 49.0 Å². The van der Waals surface area contributed by atoms with Crippen LogP contribution in [-0.2, 0) is 6.42 Å². The highest BCUT2D eigenvalue weighted by Gasteiger charge is 2.17. The number of aromatic nitrogens is 2. The van der Waals surface area contributed by atoms with Crippen LogP contribution in [-0.4, -0.2) is 48.1 Å². The zero-order valence-electron chi connectivity index (χ0n) is 17.3. The Kier molecular flexibility index (Phi) is 7.58. The molecule has 0 saturated carbocycles. The van der Waals surface area contributed by atoms with Crippen molar-refractivity contribution in [2.45, 2.75) is 13.8 Å². The van der Waals surface area contributed by atoms with Crippen LogP contribution in [0.1, 0.15) is 13.0 Å². The fraction of sp³-hybridized carbons (Fsp3) is 0.292. The lowest BCUT2D eigenvalue weighted by Gasteiger charge is -2.34. The van der Waals surface area contributed by atoms with Crippen molar-refractivity contribution in [3.63, 3.8) is 0 Å². The molecule has 166 valence electrons. The standard InChI is InChI=1S/C23H24FN7.CH4/c1-30-11-13-31(14-12-30)21-6-5-19(16-20(21)24)28-23-26-10-8-22(29-23)27-18-4-2-3-17(15-18)7-9-25;/h2-6,8,10,15-16H,7,11-14H2,1H3,(H2,26,27,28,29);1H4. The number of halogens is 1. The highest BCUT2D eigenvalue weighted by atomic mass is 19.1. The molecule has 1 aliphatic rings. The predicted molar refractivity (Wildman–Crippen MR) is 127 cm³/mol. The summed E-state index contributed by atoms with van der Waals surface area (Å²) in [5.74, 6) is 0.698. The largest absolute Gasteiger partial charge is 0.367 e. The third kappa shape index (κ3) is 5.71. The Balaban J connectivity index is 0.00000289. The van der Waals surface area contributed by atoms with Gasteiger partial charge in [-0.3, -0.25) is 0 Å². The van der Waals surface area contributed by atoms with Gasteiger partial charge in [-0.2, -0.15) is 10.2 Å². The summed E-state index contributed by atoms with van der Waals surface area (Å²) >= 11 is 0. The van der Waals surface area contributed by atoms with E-state index in [1.807, 2.05) is 30.3 Å². The van der Waals surface area contributed by atoms with Gasteiger partial charge in [0.2, 0.25) is 5.95 Å². The van der Waals surface area contributed by atoms with E-state index in [9.17, 15) is 4.39 Å². The summed E-state index contributed by atoms with van der Waals surface area (Å²) in [6.45, 7) is 3.47. The van der Waals surface area contributed by atoms with Gasteiger partial charge in [0.25, 0.3) is 0 Å². The smallest absolute Gasteiger partial charge is 0.229 e. The molecular weight excluding hydrogens is 405 g/mol. The van der Waals surface area contributed by atoms with Crippen LogP contribution < -0.4 is 15.5 Å².